The predicted molar refractivity (Wildman–Crippen MR) is 81.9 cm³/mol. The molecule has 1 aromatic carbocycles. The van der Waals surface area contributed by atoms with Gasteiger partial charge in [0.1, 0.15) is 0 Å². The topological polar surface area (TPSA) is 53.6 Å². The molecule has 0 bridgehead atoms. The van der Waals surface area contributed by atoms with E-state index in [0.29, 0.717) is 0 Å². The third kappa shape index (κ3) is 2.69. The van der Waals surface area contributed by atoms with Gasteiger partial charge < -0.3 is 10.3 Å². The van der Waals surface area contributed by atoms with Crippen LogP contribution in [0.4, 0.5) is 0 Å². The number of fused-ring (bicyclic) bond motifs is 1. The lowest BCUT2D eigenvalue weighted by molar-refractivity contribution is 0.631. The van der Waals surface area contributed by atoms with Gasteiger partial charge in [0.05, 0.1) is 16.7 Å². The van der Waals surface area contributed by atoms with Gasteiger partial charge in [0.2, 0.25) is 0 Å². The summed E-state index contributed by atoms with van der Waals surface area (Å²) in [5.74, 6) is 0. The lowest BCUT2D eigenvalue weighted by Gasteiger charge is -2.09. The van der Waals surface area contributed by atoms with E-state index in [1.54, 1.807) is 11.8 Å². The smallest absolute Gasteiger partial charge is 0.171 e. The normalized spacial score (nSPS) is 12.7. The first-order chi connectivity index (χ1) is 9.76. The van der Waals surface area contributed by atoms with E-state index < -0.39 is 0 Å². The van der Waals surface area contributed by atoms with E-state index in [2.05, 4.69) is 33.3 Å². The van der Waals surface area contributed by atoms with Crippen molar-refractivity contribution in [3.8, 4) is 0 Å². The summed E-state index contributed by atoms with van der Waals surface area (Å²) in [5, 5.41) is 4.07. The molecule has 5 heteroatoms. The van der Waals surface area contributed by atoms with E-state index in [1.807, 2.05) is 43.6 Å². The van der Waals surface area contributed by atoms with Gasteiger partial charge in [-0.25, -0.2) is 4.98 Å². The van der Waals surface area contributed by atoms with Crippen molar-refractivity contribution in [1.82, 2.24) is 20.3 Å². The van der Waals surface area contributed by atoms with Gasteiger partial charge in [0, 0.05) is 17.1 Å². The number of hydrogen-bond donors (Lipinski definition) is 2. The van der Waals surface area contributed by atoms with Crippen molar-refractivity contribution in [2.24, 2.45) is 0 Å². The Bertz CT molecular complexity index is 672. The molecule has 20 heavy (non-hydrogen) atoms. The van der Waals surface area contributed by atoms with Crippen LogP contribution in [0, 0.1) is 0 Å². The lowest BCUT2D eigenvalue weighted by Crippen LogP contribution is -2.13. The summed E-state index contributed by atoms with van der Waals surface area (Å²) in [5.41, 5.74) is 3.09. The van der Waals surface area contributed by atoms with E-state index in [-0.39, 0.29) is 6.04 Å². The Hall–Kier alpha value is -1.85. The van der Waals surface area contributed by atoms with Crippen molar-refractivity contribution in [1.29, 1.82) is 0 Å². The average Bonchev–Trinajstić information content (AvgIpc) is 2.89. The highest BCUT2D eigenvalue weighted by Crippen LogP contribution is 2.27. The Morgan fingerprint density at radius 3 is 2.75 bits per heavy atom. The molecule has 0 fully saturated rings. The van der Waals surface area contributed by atoms with Gasteiger partial charge in [0.15, 0.2) is 5.16 Å². The van der Waals surface area contributed by atoms with Crippen molar-refractivity contribution in [3.05, 3.63) is 48.3 Å². The van der Waals surface area contributed by atoms with Crippen molar-refractivity contribution >= 4 is 22.8 Å². The number of H-pyrrole nitrogens is 1. The minimum atomic E-state index is 0.264. The molecule has 0 saturated heterocycles. The molecular formula is C15H16N4S. The highest BCUT2D eigenvalue weighted by atomic mass is 32.2. The summed E-state index contributed by atoms with van der Waals surface area (Å²) in [6, 6.07) is 12.4. The number of imidazole rings is 1. The van der Waals surface area contributed by atoms with Gasteiger partial charge in [-0.1, -0.05) is 23.9 Å². The Balaban J connectivity index is 1.80. The second-order valence-corrected chi connectivity index (χ2v) is 5.65. The molecule has 1 unspecified atom stereocenters. The van der Waals surface area contributed by atoms with Crippen LogP contribution in [0.25, 0.3) is 11.0 Å². The Morgan fingerprint density at radius 2 is 2.05 bits per heavy atom. The van der Waals surface area contributed by atoms with E-state index in [0.717, 1.165) is 26.8 Å². The van der Waals surface area contributed by atoms with Crippen LogP contribution in [-0.2, 0) is 0 Å². The fourth-order valence-electron chi connectivity index (χ4n) is 1.95. The largest absolute Gasteiger partial charge is 0.333 e. The summed E-state index contributed by atoms with van der Waals surface area (Å²) >= 11 is 1.59. The lowest BCUT2D eigenvalue weighted by atomic mass is 10.2. The quantitative estimate of drug-likeness (QED) is 0.771. The highest BCUT2D eigenvalue weighted by Gasteiger charge is 2.06. The number of aromatic nitrogens is 3. The average molecular weight is 284 g/mol. The zero-order chi connectivity index (χ0) is 13.9. The molecule has 0 saturated carbocycles. The molecule has 4 nitrogen and oxygen atoms in total. The first-order valence-corrected chi connectivity index (χ1v) is 7.34. The Kier molecular flexibility index (Phi) is 3.71. The summed E-state index contributed by atoms with van der Waals surface area (Å²) in [7, 11) is 1.93. The molecule has 0 aliphatic rings. The van der Waals surface area contributed by atoms with Crippen molar-refractivity contribution in [3.63, 3.8) is 0 Å². The Morgan fingerprint density at radius 1 is 1.20 bits per heavy atom. The summed E-state index contributed by atoms with van der Waals surface area (Å²) < 4.78 is 0. The third-order valence-corrected chi connectivity index (χ3v) is 4.08. The zero-order valence-electron chi connectivity index (χ0n) is 11.4. The number of hydrogen-bond acceptors (Lipinski definition) is 4. The number of para-hydroxylation sites is 2. The molecule has 3 aromatic rings. The first-order valence-electron chi connectivity index (χ1n) is 6.52. The molecule has 0 aliphatic heterocycles. The highest BCUT2D eigenvalue weighted by molar-refractivity contribution is 7.99. The fourth-order valence-corrected chi connectivity index (χ4v) is 2.72. The molecule has 2 heterocycles. The Labute approximate surface area is 122 Å². The first kappa shape index (κ1) is 13.1. The number of pyridine rings is 1. The molecule has 0 spiro atoms. The van der Waals surface area contributed by atoms with Crippen LogP contribution in [0.5, 0.6) is 0 Å². The fraction of sp³-hybridized carbons (Fsp3) is 0.200. The van der Waals surface area contributed by atoms with Crippen LogP contribution in [-0.4, -0.2) is 22.0 Å². The number of aromatic amines is 1. The maximum absolute atomic E-state index is 4.55. The molecular weight excluding hydrogens is 268 g/mol. The van der Waals surface area contributed by atoms with E-state index >= 15 is 0 Å². The number of benzene rings is 1. The van der Waals surface area contributed by atoms with Crippen LogP contribution in [0.2, 0.25) is 0 Å². The van der Waals surface area contributed by atoms with Gasteiger partial charge in [-0.15, -0.1) is 0 Å². The van der Waals surface area contributed by atoms with Crippen LogP contribution in [0.15, 0.2) is 52.6 Å². The second-order valence-electron chi connectivity index (χ2n) is 4.59. The van der Waals surface area contributed by atoms with Gasteiger partial charge in [-0.05, 0) is 38.2 Å². The van der Waals surface area contributed by atoms with Gasteiger partial charge in [-0.2, -0.15) is 0 Å². The summed E-state index contributed by atoms with van der Waals surface area (Å²) in [4.78, 5) is 13.4. The van der Waals surface area contributed by atoms with Crippen LogP contribution >= 0.6 is 11.8 Å². The number of nitrogens with zero attached hydrogens (tertiary/aromatic N) is 2. The molecule has 102 valence electrons. The molecule has 3 rings (SSSR count). The van der Waals surface area contributed by atoms with Gasteiger partial charge in [-0.3, -0.25) is 4.98 Å². The van der Waals surface area contributed by atoms with E-state index in [9.17, 15) is 0 Å². The zero-order valence-corrected chi connectivity index (χ0v) is 12.2. The van der Waals surface area contributed by atoms with Crippen LogP contribution in [0.1, 0.15) is 18.7 Å². The van der Waals surface area contributed by atoms with Crippen LogP contribution in [0.3, 0.4) is 0 Å². The second kappa shape index (κ2) is 5.64. The van der Waals surface area contributed by atoms with Crippen LogP contribution < -0.4 is 5.32 Å². The minimum Gasteiger partial charge on any atom is -0.333 e. The van der Waals surface area contributed by atoms with E-state index in [1.165, 1.54) is 0 Å². The van der Waals surface area contributed by atoms with Crippen molar-refractivity contribution < 1.29 is 0 Å². The van der Waals surface area contributed by atoms with Crippen molar-refractivity contribution in [2.75, 3.05) is 7.05 Å². The van der Waals surface area contributed by atoms with Gasteiger partial charge >= 0.3 is 0 Å². The van der Waals surface area contributed by atoms with E-state index in [4.69, 9.17) is 0 Å². The maximum Gasteiger partial charge on any atom is 0.171 e. The molecule has 1 atom stereocenters. The molecule has 2 aromatic heterocycles. The monoisotopic (exact) mass is 284 g/mol. The maximum atomic E-state index is 4.55. The molecule has 0 radical (unpaired) electrons. The molecule has 2 N–H and O–H groups in total. The molecule has 0 amide bonds. The molecule has 0 aliphatic carbocycles. The van der Waals surface area contributed by atoms with Crippen molar-refractivity contribution in [2.45, 2.75) is 23.0 Å². The standard InChI is InChI=1S/C15H16N4S/c1-10(16-2)12-8-7-11(9-17-12)20-15-18-13-5-3-4-6-14(13)19-15/h3-10,16H,1-2H3,(H,18,19). The minimum absolute atomic E-state index is 0.264. The number of rotatable bonds is 4. The number of nitrogens with one attached hydrogen (secondary N) is 2. The third-order valence-electron chi connectivity index (χ3n) is 3.22. The summed E-state index contributed by atoms with van der Waals surface area (Å²) in [6.45, 7) is 2.09. The predicted octanol–water partition coefficient (Wildman–Crippen LogP) is 3.39. The summed E-state index contributed by atoms with van der Waals surface area (Å²) in [6.07, 6.45) is 1.89. The SMILES string of the molecule is CNC(C)c1ccc(Sc2nc3ccccc3[nH]2)cn1. The van der Waals surface area contributed by atoms with Gasteiger partial charge in [0.25, 0.3) is 0 Å².